The molecule has 4 aliphatic rings. The molecule has 2 bridgehead atoms. The number of fused-ring (bicyclic) bond motifs is 1. The van der Waals surface area contributed by atoms with Crippen molar-refractivity contribution in [2.45, 2.75) is 62.0 Å². The average Bonchev–Trinajstić information content (AvgIpc) is 3.43. The minimum Gasteiger partial charge on any atom is -0.507 e. The van der Waals surface area contributed by atoms with E-state index >= 15 is 0 Å². The SMILES string of the molecule is C=C1CCC2(O)C3Cc4ccc(C(N)=O)c(O)c4C2(CC[N+]3(C)CC2CC2)C1. The average molecular weight is 384 g/mol. The second-order valence-corrected chi connectivity index (χ2v) is 10.1. The topological polar surface area (TPSA) is 83.5 Å². The van der Waals surface area contributed by atoms with Crippen LogP contribution in [0.2, 0.25) is 0 Å². The van der Waals surface area contributed by atoms with Crippen molar-refractivity contribution in [3.05, 3.63) is 41.0 Å². The summed E-state index contributed by atoms with van der Waals surface area (Å²) in [6.45, 7) is 6.36. The summed E-state index contributed by atoms with van der Waals surface area (Å²) in [6, 6.07) is 3.71. The number of allylic oxidation sites excluding steroid dienone is 1. The minimum absolute atomic E-state index is 0.0186. The van der Waals surface area contributed by atoms with Gasteiger partial charge in [0, 0.05) is 29.7 Å². The summed E-state index contributed by atoms with van der Waals surface area (Å²) >= 11 is 0. The number of primary amides is 1. The third-order valence-corrected chi connectivity index (χ3v) is 8.39. The molecule has 5 nitrogen and oxygen atoms in total. The molecule has 150 valence electrons. The highest BCUT2D eigenvalue weighted by molar-refractivity contribution is 5.96. The number of amides is 1. The Balaban J connectivity index is 1.73. The highest BCUT2D eigenvalue weighted by Gasteiger charge is 2.69. The number of aliphatic hydroxyl groups is 1. The van der Waals surface area contributed by atoms with Gasteiger partial charge in [-0.3, -0.25) is 4.79 Å². The largest absolute Gasteiger partial charge is 0.507 e. The number of quaternary nitrogens is 1. The molecular formula is C23H31N2O3+. The number of nitrogens with two attached hydrogens (primary N) is 1. The van der Waals surface area contributed by atoms with Gasteiger partial charge < -0.3 is 20.4 Å². The lowest BCUT2D eigenvalue weighted by Gasteiger charge is -2.65. The molecule has 1 aromatic rings. The van der Waals surface area contributed by atoms with Crippen molar-refractivity contribution < 1.29 is 19.5 Å². The van der Waals surface area contributed by atoms with Crippen LogP contribution >= 0.6 is 0 Å². The van der Waals surface area contributed by atoms with Gasteiger partial charge >= 0.3 is 0 Å². The molecule has 0 radical (unpaired) electrons. The van der Waals surface area contributed by atoms with Crippen LogP contribution in [0.25, 0.3) is 0 Å². The Bertz CT molecular complexity index is 892. The van der Waals surface area contributed by atoms with Crippen LogP contribution in [0.4, 0.5) is 0 Å². The number of nitrogens with zero attached hydrogens (tertiary/aromatic N) is 1. The molecule has 28 heavy (non-hydrogen) atoms. The Morgan fingerprint density at radius 2 is 2.11 bits per heavy atom. The predicted octanol–water partition coefficient (Wildman–Crippen LogP) is 2.39. The standard InChI is InChI=1S/C23H30N2O3/c1-14-7-8-23(28)18-11-16-5-6-17(21(24)27)20(26)19(16)22(23,12-14)9-10-25(18,2)13-15-3-4-15/h5-6,15,18,28H,1,3-4,7-13H2,2H3,(H2-,24,26,27)/p+1. The number of carbonyl (C=O) groups is 1. The number of hydrogen-bond donors (Lipinski definition) is 3. The predicted molar refractivity (Wildman–Crippen MR) is 107 cm³/mol. The molecule has 4 atom stereocenters. The number of likely N-dealkylation sites (tertiary alicyclic amines) is 1. The maximum atomic E-state index is 12.3. The zero-order valence-corrected chi connectivity index (χ0v) is 16.7. The Morgan fingerprint density at radius 3 is 2.79 bits per heavy atom. The van der Waals surface area contributed by atoms with Crippen molar-refractivity contribution in [1.29, 1.82) is 0 Å². The van der Waals surface area contributed by atoms with Gasteiger partial charge in [0.2, 0.25) is 0 Å². The summed E-state index contributed by atoms with van der Waals surface area (Å²) in [5, 5.41) is 23.4. The number of benzene rings is 1. The van der Waals surface area contributed by atoms with E-state index in [2.05, 4.69) is 13.6 Å². The van der Waals surface area contributed by atoms with Gasteiger partial charge in [-0.2, -0.15) is 0 Å². The first-order valence-electron chi connectivity index (χ1n) is 10.6. The van der Waals surface area contributed by atoms with E-state index in [4.69, 9.17) is 5.73 Å². The molecule has 1 aliphatic heterocycles. The molecule has 2 saturated carbocycles. The molecule has 1 saturated heterocycles. The van der Waals surface area contributed by atoms with E-state index in [0.717, 1.165) is 59.5 Å². The van der Waals surface area contributed by atoms with Crippen molar-refractivity contribution in [3.63, 3.8) is 0 Å². The van der Waals surface area contributed by atoms with Crippen LogP contribution in [0.1, 0.15) is 60.0 Å². The van der Waals surface area contributed by atoms with Crippen LogP contribution in [-0.4, -0.2) is 52.4 Å². The Hall–Kier alpha value is -1.85. The number of rotatable bonds is 3. The van der Waals surface area contributed by atoms with E-state index in [1.54, 1.807) is 6.07 Å². The molecule has 1 amide bonds. The third-order valence-electron chi connectivity index (χ3n) is 8.39. The van der Waals surface area contributed by atoms with Crippen LogP contribution in [-0.2, 0) is 11.8 Å². The quantitative estimate of drug-likeness (QED) is 0.554. The van der Waals surface area contributed by atoms with Crippen molar-refractivity contribution in [1.82, 2.24) is 0 Å². The molecule has 3 aliphatic carbocycles. The van der Waals surface area contributed by atoms with E-state index in [0.29, 0.717) is 12.8 Å². The molecule has 4 N–H and O–H groups in total. The Morgan fingerprint density at radius 1 is 1.36 bits per heavy atom. The lowest BCUT2D eigenvalue weighted by molar-refractivity contribution is -0.950. The fourth-order valence-corrected chi connectivity index (χ4v) is 6.85. The van der Waals surface area contributed by atoms with E-state index in [-0.39, 0.29) is 17.4 Å². The number of aromatic hydroxyl groups is 1. The van der Waals surface area contributed by atoms with Crippen LogP contribution in [0.3, 0.4) is 0 Å². The lowest BCUT2D eigenvalue weighted by Crippen LogP contribution is -2.78. The summed E-state index contributed by atoms with van der Waals surface area (Å²) in [4.78, 5) is 11.9. The van der Waals surface area contributed by atoms with Crippen molar-refractivity contribution in [2.24, 2.45) is 11.7 Å². The van der Waals surface area contributed by atoms with Gasteiger partial charge in [-0.1, -0.05) is 18.2 Å². The van der Waals surface area contributed by atoms with Crippen LogP contribution in [0.15, 0.2) is 24.3 Å². The number of likely N-dealkylation sites (N-methyl/N-ethyl adjacent to an activating group) is 1. The van der Waals surface area contributed by atoms with Gasteiger partial charge in [-0.05, 0) is 43.7 Å². The summed E-state index contributed by atoms with van der Waals surface area (Å²) in [5.41, 5.74) is 7.17. The summed E-state index contributed by atoms with van der Waals surface area (Å²) in [5.74, 6) is 0.142. The molecule has 1 heterocycles. The zero-order valence-electron chi connectivity index (χ0n) is 16.7. The van der Waals surface area contributed by atoms with Gasteiger partial charge in [-0.25, -0.2) is 0 Å². The van der Waals surface area contributed by atoms with E-state index < -0.39 is 16.9 Å². The van der Waals surface area contributed by atoms with Crippen molar-refractivity contribution >= 4 is 5.91 Å². The van der Waals surface area contributed by atoms with Gasteiger partial charge in [0.15, 0.2) is 0 Å². The fourth-order valence-electron chi connectivity index (χ4n) is 6.85. The Kier molecular flexibility index (Phi) is 3.64. The number of piperidine rings is 1. The highest BCUT2D eigenvalue weighted by atomic mass is 16.3. The summed E-state index contributed by atoms with van der Waals surface area (Å²) < 4.78 is 0.910. The molecule has 5 heteroatoms. The second-order valence-electron chi connectivity index (χ2n) is 10.1. The highest BCUT2D eigenvalue weighted by Crippen LogP contribution is 2.62. The van der Waals surface area contributed by atoms with Gasteiger partial charge in [-0.15, -0.1) is 0 Å². The first-order chi connectivity index (χ1) is 13.2. The first kappa shape index (κ1) is 18.2. The third kappa shape index (κ3) is 2.23. The number of hydrogen-bond acceptors (Lipinski definition) is 3. The Labute approximate surface area is 166 Å². The van der Waals surface area contributed by atoms with Gasteiger partial charge in [0.25, 0.3) is 5.91 Å². The summed E-state index contributed by atoms with van der Waals surface area (Å²) in [7, 11) is 2.32. The molecule has 3 fully saturated rings. The number of phenols is 1. The minimum atomic E-state index is -0.892. The lowest BCUT2D eigenvalue weighted by atomic mass is 9.48. The zero-order chi connectivity index (χ0) is 19.9. The first-order valence-corrected chi connectivity index (χ1v) is 10.6. The van der Waals surface area contributed by atoms with E-state index in [1.807, 2.05) is 6.07 Å². The van der Waals surface area contributed by atoms with Gasteiger partial charge in [0.1, 0.15) is 17.4 Å². The van der Waals surface area contributed by atoms with Crippen molar-refractivity contribution in [3.8, 4) is 5.75 Å². The fraction of sp³-hybridized carbons (Fsp3) is 0.609. The van der Waals surface area contributed by atoms with Crippen molar-refractivity contribution in [2.75, 3.05) is 20.1 Å². The normalized spacial score (nSPS) is 39.2. The van der Waals surface area contributed by atoms with E-state index in [9.17, 15) is 15.0 Å². The number of carbonyl (C=O) groups excluding carboxylic acids is 1. The monoisotopic (exact) mass is 383 g/mol. The van der Waals surface area contributed by atoms with Crippen LogP contribution < -0.4 is 5.73 Å². The molecular weight excluding hydrogens is 352 g/mol. The molecule has 1 aromatic carbocycles. The molecule has 0 spiro atoms. The maximum absolute atomic E-state index is 12.3. The smallest absolute Gasteiger partial charge is 0.252 e. The molecule has 0 aromatic heterocycles. The van der Waals surface area contributed by atoms with E-state index in [1.165, 1.54) is 12.8 Å². The second kappa shape index (κ2) is 5.61. The van der Waals surface area contributed by atoms with Crippen LogP contribution in [0, 0.1) is 5.92 Å². The summed E-state index contributed by atoms with van der Waals surface area (Å²) in [6.07, 6.45) is 6.31. The molecule has 5 rings (SSSR count). The maximum Gasteiger partial charge on any atom is 0.252 e. The van der Waals surface area contributed by atoms with Gasteiger partial charge in [0.05, 0.1) is 25.7 Å². The molecule has 4 unspecified atom stereocenters. The van der Waals surface area contributed by atoms with Crippen LogP contribution in [0.5, 0.6) is 5.75 Å².